The topological polar surface area (TPSA) is 46.2 Å². The Kier molecular flexibility index (Phi) is 14.8. The Bertz CT molecular complexity index is 520. The van der Waals surface area contributed by atoms with E-state index in [0.717, 1.165) is 12.8 Å². The van der Waals surface area contributed by atoms with Gasteiger partial charge in [0.1, 0.15) is 0 Å². The van der Waals surface area contributed by atoms with Crippen molar-refractivity contribution in [1.29, 1.82) is 0 Å². The minimum Gasteiger partial charge on any atom is -0.206 e. The molecule has 3 nitrogen and oxygen atoms in total. The molecule has 0 atom stereocenters. The molecule has 0 aromatic heterocycles. The molecule has 0 aliphatic rings. The Hall–Kier alpha value is 0.420. The normalized spacial score (nSPS) is 11.2. The third-order valence-corrected chi connectivity index (χ3v) is 5.86. The Morgan fingerprint density at radius 3 is 1.75 bits per heavy atom. The van der Waals surface area contributed by atoms with Gasteiger partial charge in [-0.05, 0) is 42.3 Å². The predicted molar refractivity (Wildman–Crippen MR) is 98.2 cm³/mol. The van der Waals surface area contributed by atoms with E-state index < -0.39 is 10.0 Å². The van der Waals surface area contributed by atoms with Crippen molar-refractivity contribution in [3.63, 3.8) is 0 Å². The van der Waals surface area contributed by atoms with Crippen LogP contribution in [0.5, 0.6) is 0 Å². The fourth-order valence-electron chi connectivity index (χ4n) is 2.70. The molecule has 1 rings (SSSR count). The summed E-state index contributed by atoms with van der Waals surface area (Å²) in [6, 6.07) is 6.95. The summed E-state index contributed by atoms with van der Waals surface area (Å²) in [7, 11) is -3.54. The number of halogens is 1. The van der Waals surface area contributed by atoms with E-state index in [1.54, 1.807) is 12.1 Å². The third-order valence-electron chi connectivity index (χ3n) is 4.15. The number of nitrogens with one attached hydrogen (secondary N) is 1. The van der Waals surface area contributed by atoms with Crippen LogP contribution in [0.4, 0.5) is 0 Å². The SMILES string of the molecule is CCCCCCCCCCCCc1ccc(S(=O)(=O)NCl)cc1.[Na+]. The maximum Gasteiger partial charge on any atom is 1.00 e. The second-order valence-electron chi connectivity index (χ2n) is 6.16. The molecule has 0 radical (unpaired) electrons. The number of rotatable bonds is 13. The van der Waals surface area contributed by atoms with E-state index >= 15 is 0 Å². The molecular weight excluding hydrogens is 353 g/mol. The summed E-state index contributed by atoms with van der Waals surface area (Å²) in [4.78, 5) is 0.208. The number of aryl methyl sites for hydroxylation is 1. The van der Waals surface area contributed by atoms with Crippen LogP contribution in [-0.2, 0) is 16.4 Å². The van der Waals surface area contributed by atoms with E-state index in [1.807, 2.05) is 16.4 Å². The zero-order chi connectivity index (χ0) is 17.0. The fourth-order valence-corrected chi connectivity index (χ4v) is 3.55. The smallest absolute Gasteiger partial charge is 0.206 e. The van der Waals surface area contributed by atoms with Gasteiger partial charge in [-0.25, -0.2) is 8.42 Å². The first kappa shape index (κ1) is 24.4. The maximum atomic E-state index is 11.5. The molecule has 0 bridgehead atoms. The van der Waals surface area contributed by atoms with Crippen LogP contribution in [0.25, 0.3) is 0 Å². The van der Waals surface area contributed by atoms with Crippen LogP contribution in [0.15, 0.2) is 29.2 Å². The largest absolute Gasteiger partial charge is 1.00 e. The van der Waals surface area contributed by atoms with Crippen molar-refractivity contribution < 1.29 is 38.0 Å². The number of sulfonamides is 1. The summed E-state index contributed by atoms with van der Waals surface area (Å²) < 4.78 is 24.8. The van der Waals surface area contributed by atoms with Crippen molar-refractivity contribution in [2.24, 2.45) is 0 Å². The second kappa shape index (κ2) is 14.6. The molecule has 1 aromatic rings. The van der Waals surface area contributed by atoms with Gasteiger partial charge in [-0.15, -0.1) is 4.24 Å². The van der Waals surface area contributed by atoms with E-state index in [1.165, 1.54) is 63.4 Å². The fraction of sp³-hybridized carbons (Fsp3) is 0.667. The minimum absolute atomic E-state index is 0. The molecule has 6 heteroatoms. The van der Waals surface area contributed by atoms with Crippen LogP contribution in [0.1, 0.15) is 76.7 Å². The van der Waals surface area contributed by atoms with Gasteiger partial charge in [-0.2, -0.15) is 0 Å². The maximum absolute atomic E-state index is 11.5. The average Bonchev–Trinajstić information content (AvgIpc) is 2.57. The molecule has 0 aliphatic carbocycles. The minimum atomic E-state index is -3.54. The zero-order valence-electron chi connectivity index (χ0n) is 15.2. The second-order valence-corrected chi connectivity index (χ2v) is 8.25. The van der Waals surface area contributed by atoms with Gasteiger partial charge in [0.15, 0.2) is 0 Å². The number of benzene rings is 1. The number of unbranched alkanes of at least 4 members (excludes halogenated alkanes) is 9. The van der Waals surface area contributed by atoms with Crippen LogP contribution in [0, 0.1) is 0 Å². The molecule has 0 heterocycles. The molecular formula is C18H30ClNNaO2S+. The first-order valence-corrected chi connectivity index (χ1v) is 10.7. The number of hydrogen-bond donors (Lipinski definition) is 1. The summed E-state index contributed by atoms with van der Waals surface area (Å²) in [5.74, 6) is 0. The number of hydrogen-bond acceptors (Lipinski definition) is 2. The summed E-state index contributed by atoms with van der Waals surface area (Å²) in [6.07, 6.45) is 14.3. The van der Waals surface area contributed by atoms with E-state index in [2.05, 4.69) is 6.92 Å². The van der Waals surface area contributed by atoms with Gasteiger partial charge >= 0.3 is 29.6 Å². The summed E-state index contributed by atoms with van der Waals surface area (Å²) in [5, 5.41) is 0. The molecule has 0 unspecified atom stereocenters. The predicted octanol–water partition coefficient (Wildman–Crippen LogP) is 2.59. The van der Waals surface area contributed by atoms with Gasteiger partial charge in [0, 0.05) is 0 Å². The van der Waals surface area contributed by atoms with Crippen LogP contribution < -0.4 is 33.8 Å². The third kappa shape index (κ3) is 10.4. The van der Waals surface area contributed by atoms with Gasteiger partial charge in [-0.3, -0.25) is 0 Å². The molecule has 0 spiro atoms. The van der Waals surface area contributed by atoms with E-state index in [-0.39, 0.29) is 34.5 Å². The first-order valence-electron chi connectivity index (χ1n) is 8.81. The molecule has 0 saturated carbocycles. The molecule has 132 valence electrons. The Balaban J connectivity index is 0.00000529. The molecule has 24 heavy (non-hydrogen) atoms. The summed E-state index contributed by atoms with van der Waals surface area (Å²) in [5.41, 5.74) is 1.18. The van der Waals surface area contributed by atoms with E-state index in [4.69, 9.17) is 11.8 Å². The van der Waals surface area contributed by atoms with Crippen molar-refractivity contribution in [2.45, 2.75) is 82.4 Å². The van der Waals surface area contributed by atoms with Gasteiger partial charge in [-0.1, -0.05) is 76.8 Å². The Labute approximate surface area is 175 Å². The Morgan fingerprint density at radius 1 is 0.833 bits per heavy atom. The van der Waals surface area contributed by atoms with Gasteiger partial charge < -0.3 is 0 Å². The standard InChI is InChI=1S/C18H30ClNO2S.Na/c1-2-3-4-5-6-7-8-9-10-11-12-17-13-15-18(16-14-17)23(21,22)20-19;/h13-16,20H,2-12H2,1H3;/q;+1. The van der Waals surface area contributed by atoms with Crippen molar-refractivity contribution in [3.8, 4) is 0 Å². The van der Waals surface area contributed by atoms with E-state index in [0.29, 0.717) is 0 Å². The van der Waals surface area contributed by atoms with Gasteiger partial charge in [0.25, 0.3) is 10.0 Å². The molecule has 0 saturated heterocycles. The summed E-state index contributed by atoms with van der Waals surface area (Å²) >= 11 is 5.21. The first-order chi connectivity index (χ1) is 11.1. The average molecular weight is 383 g/mol. The molecule has 0 fully saturated rings. The molecule has 1 aromatic carbocycles. The molecule has 0 amide bonds. The molecule has 0 aliphatic heterocycles. The quantitative estimate of drug-likeness (QED) is 0.324. The molecule has 1 N–H and O–H groups in total. The van der Waals surface area contributed by atoms with Crippen molar-refractivity contribution in [3.05, 3.63) is 29.8 Å². The van der Waals surface area contributed by atoms with Crippen LogP contribution in [-0.4, -0.2) is 8.42 Å². The van der Waals surface area contributed by atoms with Crippen molar-refractivity contribution >= 4 is 21.8 Å². The van der Waals surface area contributed by atoms with Gasteiger partial charge in [0.05, 0.1) is 4.90 Å². The van der Waals surface area contributed by atoms with Crippen LogP contribution in [0.3, 0.4) is 0 Å². The van der Waals surface area contributed by atoms with E-state index in [9.17, 15) is 8.42 Å². The monoisotopic (exact) mass is 382 g/mol. The zero-order valence-corrected chi connectivity index (χ0v) is 18.8. The van der Waals surface area contributed by atoms with Crippen molar-refractivity contribution in [2.75, 3.05) is 0 Å². The van der Waals surface area contributed by atoms with Gasteiger partial charge in [0.2, 0.25) is 0 Å². The Morgan fingerprint density at radius 2 is 1.29 bits per heavy atom. The van der Waals surface area contributed by atoms with Crippen molar-refractivity contribution in [1.82, 2.24) is 4.24 Å². The van der Waals surface area contributed by atoms with Crippen LogP contribution in [0.2, 0.25) is 0 Å². The summed E-state index contributed by atoms with van der Waals surface area (Å²) in [6.45, 7) is 2.25. The van der Waals surface area contributed by atoms with Crippen LogP contribution >= 0.6 is 11.8 Å².